The zero-order valence-corrected chi connectivity index (χ0v) is 9.46. The molecule has 1 heterocycles. The molecule has 88 valence electrons. The molecule has 18 heavy (non-hydrogen) atoms. The molecule has 0 spiro atoms. The molecule has 1 aromatic heterocycles. The summed E-state index contributed by atoms with van der Waals surface area (Å²) in [6.45, 7) is 0. The summed E-state index contributed by atoms with van der Waals surface area (Å²) >= 11 is 0. The number of rotatable bonds is 2. The maximum absolute atomic E-state index is 12.2. The average molecular weight is 238 g/mol. The lowest BCUT2D eigenvalue weighted by molar-refractivity contribution is 0.103. The predicted molar refractivity (Wildman–Crippen MR) is 68.3 cm³/mol. The summed E-state index contributed by atoms with van der Waals surface area (Å²) < 4.78 is 5.18. The van der Waals surface area contributed by atoms with Crippen molar-refractivity contribution in [3.05, 3.63) is 60.0 Å². The summed E-state index contributed by atoms with van der Waals surface area (Å²) in [5.41, 5.74) is 8.75. The average Bonchev–Trinajstić information content (AvgIpc) is 2.86. The predicted octanol–water partition coefficient (Wildman–Crippen LogP) is 2.64. The summed E-state index contributed by atoms with van der Waals surface area (Å²) in [4.78, 5) is 16.2. The van der Waals surface area contributed by atoms with E-state index in [1.54, 1.807) is 42.5 Å². The zero-order valence-electron chi connectivity index (χ0n) is 9.46. The van der Waals surface area contributed by atoms with Gasteiger partial charge in [-0.15, -0.1) is 0 Å². The van der Waals surface area contributed by atoms with Crippen molar-refractivity contribution in [1.82, 2.24) is 4.98 Å². The minimum atomic E-state index is -0.0618. The Hall–Kier alpha value is -2.62. The highest BCUT2D eigenvalue weighted by Gasteiger charge is 2.10. The number of hydrogen-bond donors (Lipinski definition) is 1. The Morgan fingerprint density at radius 1 is 1.06 bits per heavy atom. The molecule has 0 saturated heterocycles. The Balaban J connectivity index is 2.03. The monoisotopic (exact) mass is 238 g/mol. The van der Waals surface area contributed by atoms with Crippen molar-refractivity contribution in [3.63, 3.8) is 0 Å². The van der Waals surface area contributed by atoms with Crippen LogP contribution in [0.1, 0.15) is 15.9 Å². The highest BCUT2D eigenvalue weighted by atomic mass is 16.3. The number of hydrogen-bond acceptors (Lipinski definition) is 4. The van der Waals surface area contributed by atoms with Crippen molar-refractivity contribution in [1.29, 1.82) is 0 Å². The third kappa shape index (κ3) is 1.73. The first kappa shape index (κ1) is 10.5. The van der Waals surface area contributed by atoms with Crippen LogP contribution in [0, 0.1) is 0 Å². The van der Waals surface area contributed by atoms with E-state index in [1.807, 2.05) is 0 Å². The van der Waals surface area contributed by atoms with Crippen molar-refractivity contribution in [2.45, 2.75) is 0 Å². The molecular formula is C14H10N2O2. The number of nitrogens with two attached hydrogens (primary N) is 1. The first-order valence-electron chi connectivity index (χ1n) is 5.47. The topological polar surface area (TPSA) is 69.1 Å². The van der Waals surface area contributed by atoms with Gasteiger partial charge in [0.15, 0.2) is 17.8 Å². The van der Waals surface area contributed by atoms with Gasteiger partial charge in [-0.1, -0.05) is 0 Å². The molecule has 2 aromatic carbocycles. The molecule has 0 bridgehead atoms. The van der Waals surface area contributed by atoms with Crippen LogP contribution >= 0.6 is 0 Å². The minimum absolute atomic E-state index is 0.0618. The molecule has 0 aliphatic rings. The van der Waals surface area contributed by atoms with Gasteiger partial charge in [-0.3, -0.25) is 4.79 Å². The van der Waals surface area contributed by atoms with Crippen LogP contribution in [-0.4, -0.2) is 10.8 Å². The van der Waals surface area contributed by atoms with Crippen LogP contribution in [0.4, 0.5) is 5.69 Å². The number of ketones is 1. The van der Waals surface area contributed by atoms with Crippen molar-refractivity contribution in [2.75, 3.05) is 5.73 Å². The maximum atomic E-state index is 12.2. The van der Waals surface area contributed by atoms with Gasteiger partial charge in [-0.25, -0.2) is 4.98 Å². The Morgan fingerprint density at radius 3 is 2.56 bits per heavy atom. The van der Waals surface area contributed by atoms with Gasteiger partial charge in [-0.2, -0.15) is 0 Å². The quantitative estimate of drug-likeness (QED) is 0.550. The van der Waals surface area contributed by atoms with Crippen molar-refractivity contribution < 1.29 is 9.21 Å². The van der Waals surface area contributed by atoms with Crippen LogP contribution in [-0.2, 0) is 0 Å². The number of carbonyl (C=O) groups excluding carboxylic acids is 1. The number of aromatic nitrogens is 1. The van der Waals surface area contributed by atoms with Gasteiger partial charge in [0.1, 0.15) is 5.52 Å². The number of benzene rings is 2. The highest BCUT2D eigenvalue weighted by molar-refractivity contribution is 6.10. The number of fused-ring (bicyclic) bond motifs is 1. The lowest BCUT2D eigenvalue weighted by Gasteiger charge is -2.01. The molecule has 0 aliphatic carbocycles. The van der Waals surface area contributed by atoms with E-state index in [0.717, 1.165) is 5.52 Å². The van der Waals surface area contributed by atoms with Crippen LogP contribution < -0.4 is 5.73 Å². The van der Waals surface area contributed by atoms with Crippen molar-refractivity contribution in [2.24, 2.45) is 0 Å². The van der Waals surface area contributed by atoms with Crippen molar-refractivity contribution >= 4 is 22.6 Å². The third-order valence-corrected chi connectivity index (χ3v) is 2.77. The maximum Gasteiger partial charge on any atom is 0.193 e. The van der Waals surface area contributed by atoms with E-state index in [9.17, 15) is 4.79 Å². The van der Waals surface area contributed by atoms with Crippen LogP contribution in [0.15, 0.2) is 53.3 Å². The van der Waals surface area contributed by atoms with Gasteiger partial charge < -0.3 is 10.2 Å². The summed E-state index contributed by atoms with van der Waals surface area (Å²) in [7, 11) is 0. The molecule has 2 N–H and O–H groups in total. The second-order valence-electron chi connectivity index (χ2n) is 3.99. The molecule has 0 amide bonds. The molecule has 0 fully saturated rings. The minimum Gasteiger partial charge on any atom is -0.443 e. The Morgan fingerprint density at radius 2 is 1.78 bits per heavy atom. The Bertz CT molecular complexity index is 714. The Labute approximate surface area is 103 Å². The van der Waals surface area contributed by atoms with E-state index in [-0.39, 0.29) is 5.78 Å². The van der Waals surface area contributed by atoms with Crippen molar-refractivity contribution in [3.8, 4) is 0 Å². The normalized spacial score (nSPS) is 10.7. The molecule has 0 atom stereocenters. The van der Waals surface area contributed by atoms with E-state index in [2.05, 4.69) is 4.98 Å². The third-order valence-electron chi connectivity index (χ3n) is 2.77. The first-order chi connectivity index (χ1) is 8.74. The van der Waals surface area contributed by atoms with Gasteiger partial charge in [0.05, 0.1) is 0 Å². The van der Waals surface area contributed by atoms with E-state index in [0.29, 0.717) is 22.4 Å². The lowest BCUT2D eigenvalue weighted by Crippen LogP contribution is -2.01. The van der Waals surface area contributed by atoms with Gasteiger partial charge in [0, 0.05) is 16.8 Å². The number of nitrogens with zero attached hydrogens (tertiary/aromatic N) is 1. The molecular weight excluding hydrogens is 228 g/mol. The number of oxazole rings is 1. The number of anilines is 1. The second-order valence-corrected chi connectivity index (χ2v) is 3.99. The molecule has 3 aromatic rings. The van der Waals surface area contributed by atoms with Crippen LogP contribution in [0.5, 0.6) is 0 Å². The largest absolute Gasteiger partial charge is 0.443 e. The summed E-state index contributed by atoms with van der Waals surface area (Å²) in [5, 5.41) is 0. The molecule has 0 unspecified atom stereocenters. The summed E-state index contributed by atoms with van der Waals surface area (Å²) in [6, 6.07) is 12.0. The van der Waals surface area contributed by atoms with Crippen LogP contribution in [0.25, 0.3) is 11.1 Å². The highest BCUT2D eigenvalue weighted by Crippen LogP contribution is 2.17. The van der Waals surface area contributed by atoms with E-state index in [1.165, 1.54) is 6.39 Å². The number of nitrogen functional groups attached to an aromatic ring is 1. The molecule has 4 nitrogen and oxygen atoms in total. The fourth-order valence-electron chi connectivity index (χ4n) is 1.80. The summed E-state index contributed by atoms with van der Waals surface area (Å²) in [5.74, 6) is -0.0618. The van der Waals surface area contributed by atoms with Crippen LogP contribution in [0.2, 0.25) is 0 Å². The van der Waals surface area contributed by atoms with Crippen LogP contribution in [0.3, 0.4) is 0 Å². The first-order valence-corrected chi connectivity index (χ1v) is 5.47. The SMILES string of the molecule is Nc1ccc(C(=O)c2ccc3ncoc3c2)cc1. The Kier molecular flexibility index (Phi) is 2.34. The van der Waals surface area contributed by atoms with Gasteiger partial charge in [0.2, 0.25) is 0 Å². The number of carbonyl (C=O) groups is 1. The lowest BCUT2D eigenvalue weighted by atomic mass is 10.0. The standard InChI is InChI=1S/C14H10N2O2/c15-11-4-1-9(2-5-11)14(17)10-3-6-12-13(7-10)18-8-16-12/h1-8H,15H2. The zero-order chi connectivity index (χ0) is 12.5. The fourth-order valence-corrected chi connectivity index (χ4v) is 1.80. The molecule has 4 heteroatoms. The van der Waals surface area contributed by atoms with E-state index < -0.39 is 0 Å². The van der Waals surface area contributed by atoms with E-state index in [4.69, 9.17) is 10.2 Å². The molecule has 3 rings (SSSR count). The second kappa shape index (κ2) is 4.00. The molecule has 0 aliphatic heterocycles. The van der Waals surface area contributed by atoms with Gasteiger partial charge in [0.25, 0.3) is 0 Å². The van der Waals surface area contributed by atoms with Gasteiger partial charge in [-0.05, 0) is 42.5 Å². The molecule has 0 saturated carbocycles. The van der Waals surface area contributed by atoms with Gasteiger partial charge >= 0.3 is 0 Å². The smallest absolute Gasteiger partial charge is 0.193 e. The van der Waals surface area contributed by atoms with E-state index >= 15 is 0 Å². The fraction of sp³-hybridized carbons (Fsp3) is 0. The molecule has 0 radical (unpaired) electrons. The summed E-state index contributed by atoms with van der Waals surface area (Å²) in [6.07, 6.45) is 1.36.